The van der Waals surface area contributed by atoms with Gasteiger partial charge in [0.15, 0.2) is 0 Å². The average Bonchev–Trinajstić information content (AvgIpc) is 2.86. The van der Waals surface area contributed by atoms with Crippen LogP contribution >= 0.6 is 0 Å². The van der Waals surface area contributed by atoms with Gasteiger partial charge in [-0.3, -0.25) is 14.1 Å². The van der Waals surface area contributed by atoms with Gasteiger partial charge in [-0.05, 0) is 52.3 Å². The molecule has 2 aromatic heterocycles. The molecule has 0 amide bonds. The number of likely N-dealkylation sites (tertiary alicyclic amines) is 1. The van der Waals surface area contributed by atoms with Crippen molar-refractivity contribution in [3.63, 3.8) is 0 Å². The van der Waals surface area contributed by atoms with Crippen molar-refractivity contribution in [3.05, 3.63) is 46.0 Å². The third kappa shape index (κ3) is 2.78. The molecule has 1 atom stereocenters. The van der Waals surface area contributed by atoms with Crippen molar-refractivity contribution in [1.29, 1.82) is 0 Å². The summed E-state index contributed by atoms with van der Waals surface area (Å²) in [5, 5.41) is 10.3. The van der Waals surface area contributed by atoms with Crippen molar-refractivity contribution in [3.8, 4) is 0 Å². The largest absolute Gasteiger partial charge is 0.389 e. The highest BCUT2D eigenvalue weighted by Crippen LogP contribution is 2.27. The van der Waals surface area contributed by atoms with E-state index in [4.69, 9.17) is 0 Å². The van der Waals surface area contributed by atoms with Gasteiger partial charge in [0.1, 0.15) is 5.65 Å². The Hall–Kier alpha value is -1.72. The molecular formula is C17H23N3O2. The zero-order valence-corrected chi connectivity index (χ0v) is 13.4. The van der Waals surface area contributed by atoms with E-state index in [9.17, 15) is 9.90 Å². The smallest absolute Gasteiger partial charge is 0.258 e. The molecule has 0 aliphatic carbocycles. The van der Waals surface area contributed by atoms with Gasteiger partial charge in [0.05, 0.1) is 11.3 Å². The van der Waals surface area contributed by atoms with Crippen LogP contribution in [0.25, 0.3) is 5.65 Å². The van der Waals surface area contributed by atoms with Crippen molar-refractivity contribution in [2.75, 3.05) is 6.54 Å². The Bertz CT molecular complexity index is 746. The summed E-state index contributed by atoms with van der Waals surface area (Å²) < 4.78 is 1.63. The molecule has 1 unspecified atom stereocenters. The van der Waals surface area contributed by atoms with E-state index in [1.54, 1.807) is 10.5 Å². The average molecular weight is 301 g/mol. The van der Waals surface area contributed by atoms with E-state index in [1.165, 1.54) is 0 Å². The highest BCUT2D eigenvalue weighted by Gasteiger charge is 2.35. The Morgan fingerprint density at radius 2 is 2.18 bits per heavy atom. The number of aromatic nitrogens is 2. The van der Waals surface area contributed by atoms with Gasteiger partial charge < -0.3 is 5.11 Å². The van der Waals surface area contributed by atoms with Crippen molar-refractivity contribution < 1.29 is 5.11 Å². The van der Waals surface area contributed by atoms with E-state index in [2.05, 4.69) is 9.88 Å². The molecule has 0 spiro atoms. The molecule has 1 aliphatic rings. The third-order valence-electron chi connectivity index (χ3n) is 4.48. The summed E-state index contributed by atoms with van der Waals surface area (Å²) in [7, 11) is 0. The minimum absolute atomic E-state index is 0.0443. The van der Waals surface area contributed by atoms with E-state index in [0.717, 1.165) is 30.8 Å². The number of hydrogen-bond donors (Lipinski definition) is 1. The van der Waals surface area contributed by atoms with Gasteiger partial charge in [0, 0.05) is 24.3 Å². The summed E-state index contributed by atoms with van der Waals surface area (Å²) in [6.07, 6.45) is 2.05. The number of hydrogen-bond acceptors (Lipinski definition) is 4. The lowest BCUT2D eigenvalue weighted by Gasteiger charge is -2.33. The van der Waals surface area contributed by atoms with Crippen LogP contribution < -0.4 is 5.56 Å². The second-order valence-electron chi connectivity index (χ2n) is 6.73. The molecule has 2 aromatic rings. The zero-order chi connectivity index (χ0) is 15.9. The maximum atomic E-state index is 12.3. The first kappa shape index (κ1) is 15.2. The first-order valence-electron chi connectivity index (χ1n) is 7.81. The van der Waals surface area contributed by atoms with Crippen LogP contribution in [0.3, 0.4) is 0 Å². The fourth-order valence-electron chi connectivity index (χ4n) is 3.47. The molecule has 1 fully saturated rings. The Labute approximate surface area is 130 Å². The van der Waals surface area contributed by atoms with Crippen LogP contribution in [0.2, 0.25) is 0 Å². The number of rotatable bonds is 3. The zero-order valence-electron chi connectivity index (χ0n) is 13.4. The van der Waals surface area contributed by atoms with Gasteiger partial charge in [0.2, 0.25) is 0 Å². The van der Waals surface area contributed by atoms with Crippen molar-refractivity contribution in [2.45, 2.75) is 51.8 Å². The minimum Gasteiger partial charge on any atom is -0.389 e. The van der Waals surface area contributed by atoms with Crippen LogP contribution in [0.4, 0.5) is 0 Å². The Morgan fingerprint density at radius 1 is 1.41 bits per heavy atom. The van der Waals surface area contributed by atoms with Gasteiger partial charge in [-0.15, -0.1) is 0 Å². The second kappa shape index (κ2) is 5.48. The third-order valence-corrected chi connectivity index (χ3v) is 4.48. The lowest BCUT2D eigenvalue weighted by Crippen LogP contribution is -2.45. The molecule has 5 heteroatoms. The molecule has 22 heavy (non-hydrogen) atoms. The highest BCUT2D eigenvalue weighted by atomic mass is 16.3. The fraction of sp³-hybridized carbons (Fsp3) is 0.529. The Kier molecular flexibility index (Phi) is 3.78. The number of fused-ring (bicyclic) bond motifs is 1. The minimum atomic E-state index is -0.737. The van der Waals surface area contributed by atoms with Gasteiger partial charge in [-0.1, -0.05) is 6.07 Å². The van der Waals surface area contributed by atoms with Gasteiger partial charge in [-0.25, -0.2) is 4.98 Å². The molecule has 5 nitrogen and oxygen atoms in total. The molecule has 0 bridgehead atoms. The number of nitrogens with zero attached hydrogens (tertiary/aromatic N) is 3. The monoisotopic (exact) mass is 301 g/mol. The quantitative estimate of drug-likeness (QED) is 0.938. The van der Waals surface area contributed by atoms with E-state index in [-0.39, 0.29) is 11.6 Å². The maximum Gasteiger partial charge on any atom is 0.258 e. The van der Waals surface area contributed by atoms with Crippen LogP contribution in [0, 0.1) is 6.92 Å². The molecule has 118 valence electrons. The van der Waals surface area contributed by atoms with E-state index in [1.807, 2.05) is 39.0 Å². The molecule has 3 rings (SSSR count). The van der Waals surface area contributed by atoms with E-state index in [0.29, 0.717) is 12.2 Å². The summed E-state index contributed by atoms with van der Waals surface area (Å²) in [4.78, 5) is 19.2. The topological polar surface area (TPSA) is 57.8 Å². The van der Waals surface area contributed by atoms with Crippen LogP contribution in [-0.4, -0.2) is 37.6 Å². The first-order chi connectivity index (χ1) is 10.4. The molecule has 0 saturated carbocycles. The molecule has 0 radical (unpaired) electrons. The first-order valence-corrected chi connectivity index (χ1v) is 7.81. The SMILES string of the molecule is Cc1cccc2nc(CN3CCCC3C(C)(C)O)cc(=O)n12. The standard InChI is InChI=1S/C17H23N3O2/c1-12-6-4-8-15-18-13(10-16(21)20(12)15)11-19-9-5-7-14(19)17(2,3)22/h4,6,8,10,14,22H,5,7,9,11H2,1-3H3. The normalized spacial score (nSPS) is 19.9. The van der Waals surface area contributed by atoms with Gasteiger partial charge in [-0.2, -0.15) is 0 Å². The summed E-state index contributed by atoms with van der Waals surface area (Å²) in [5.41, 5.74) is 1.56. The van der Waals surface area contributed by atoms with Crippen LogP contribution in [-0.2, 0) is 6.54 Å². The number of aryl methyl sites for hydroxylation is 1. The predicted octanol–water partition coefficient (Wildman–Crippen LogP) is 1.74. The Morgan fingerprint density at radius 3 is 2.91 bits per heavy atom. The molecule has 1 aliphatic heterocycles. The van der Waals surface area contributed by atoms with Gasteiger partial charge in [0.25, 0.3) is 5.56 Å². The van der Waals surface area contributed by atoms with Crippen molar-refractivity contribution >= 4 is 5.65 Å². The van der Waals surface area contributed by atoms with Gasteiger partial charge >= 0.3 is 0 Å². The molecule has 1 saturated heterocycles. The summed E-state index contributed by atoms with van der Waals surface area (Å²) in [6, 6.07) is 7.40. The number of pyridine rings is 1. The lowest BCUT2D eigenvalue weighted by molar-refractivity contribution is -0.00535. The summed E-state index contributed by atoms with van der Waals surface area (Å²) >= 11 is 0. The van der Waals surface area contributed by atoms with Crippen molar-refractivity contribution in [2.24, 2.45) is 0 Å². The van der Waals surface area contributed by atoms with E-state index >= 15 is 0 Å². The number of aliphatic hydroxyl groups is 1. The highest BCUT2D eigenvalue weighted by molar-refractivity contribution is 5.40. The van der Waals surface area contributed by atoms with E-state index < -0.39 is 5.60 Å². The molecule has 1 N–H and O–H groups in total. The molecular weight excluding hydrogens is 278 g/mol. The van der Waals surface area contributed by atoms with Crippen LogP contribution in [0.1, 0.15) is 38.1 Å². The summed E-state index contributed by atoms with van der Waals surface area (Å²) in [6.45, 7) is 7.14. The van der Waals surface area contributed by atoms with Crippen LogP contribution in [0.15, 0.2) is 29.1 Å². The molecule has 3 heterocycles. The van der Waals surface area contributed by atoms with Crippen LogP contribution in [0.5, 0.6) is 0 Å². The second-order valence-corrected chi connectivity index (χ2v) is 6.73. The maximum absolute atomic E-state index is 12.3. The lowest BCUT2D eigenvalue weighted by atomic mass is 9.96. The molecule has 0 aromatic carbocycles. The Balaban J connectivity index is 1.93. The predicted molar refractivity (Wildman–Crippen MR) is 85.9 cm³/mol. The van der Waals surface area contributed by atoms with Crippen molar-refractivity contribution in [1.82, 2.24) is 14.3 Å². The fourth-order valence-corrected chi connectivity index (χ4v) is 3.47. The summed E-state index contributed by atoms with van der Waals surface area (Å²) in [5.74, 6) is 0.